The average molecular weight is 370 g/mol. The number of aromatic nitrogens is 4. The lowest BCUT2D eigenvalue weighted by Gasteiger charge is -2.38. The number of carbonyl (C=O) groups excluding carboxylic acids is 1. The van der Waals surface area contributed by atoms with Crippen LogP contribution in [0.25, 0.3) is 11.0 Å². The molecule has 3 rings (SSSR count). The molecule has 0 atom stereocenters. The van der Waals surface area contributed by atoms with E-state index in [1.165, 1.54) is 6.33 Å². The van der Waals surface area contributed by atoms with Crippen molar-refractivity contribution in [2.75, 3.05) is 11.9 Å². The van der Waals surface area contributed by atoms with Crippen LogP contribution in [0, 0.1) is 0 Å². The van der Waals surface area contributed by atoms with E-state index in [-0.39, 0.29) is 0 Å². The van der Waals surface area contributed by atoms with E-state index in [1.807, 2.05) is 0 Å². The van der Waals surface area contributed by atoms with Gasteiger partial charge in [-0.2, -0.15) is 18.3 Å². The monoisotopic (exact) mass is 370 g/mol. The molecule has 2 aromatic heterocycles. The van der Waals surface area contributed by atoms with Gasteiger partial charge in [-0.1, -0.05) is 19.3 Å². The number of halogens is 3. The number of alkyl halides is 3. The highest BCUT2D eigenvalue weighted by molar-refractivity contribution is 5.86. The minimum absolute atomic E-state index is 0.303. The molecule has 2 heterocycles. The van der Waals surface area contributed by atoms with Crippen molar-refractivity contribution >= 4 is 22.8 Å². The SMILES string of the molecule is Cn1ncc2c(NCC3(NC(=O)CC(F)(F)F)CCCCC3)ncnc21. The Labute approximate surface area is 148 Å². The average Bonchev–Trinajstić information content (AvgIpc) is 2.94. The first-order valence-electron chi connectivity index (χ1n) is 8.52. The fourth-order valence-corrected chi connectivity index (χ4v) is 3.45. The van der Waals surface area contributed by atoms with E-state index in [0.29, 0.717) is 30.9 Å². The number of rotatable bonds is 5. The van der Waals surface area contributed by atoms with Crippen LogP contribution in [0.2, 0.25) is 0 Å². The number of anilines is 1. The Hall–Kier alpha value is -2.39. The van der Waals surface area contributed by atoms with E-state index in [0.717, 1.165) is 24.6 Å². The van der Waals surface area contributed by atoms with Crippen molar-refractivity contribution in [1.82, 2.24) is 25.1 Å². The molecule has 2 aromatic rings. The number of carbonyl (C=O) groups is 1. The molecule has 1 fully saturated rings. The molecule has 1 saturated carbocycles. The lowest BCUT2D eigenvalue weighted by atomic mass is 9.81. The van der Waals surface area contributed by atoms with E-state index >= 15 is 0 Å². The molecule has 26 heavy (non-hydrogen) atoms. The predicted octanol–water partition coefficient (Wildman–Crippen LogP) is 2.55. The number of nitrogens with one attached hydrogen (secondary N) is 2. The van der Waals surface area contributed by atoms with E-state index in [1.54, 1.807) is 17.9 Å². The summed E-state index contributed by atoms with van der Waals surface area (Å²) in [6.07, 6.45) is 1.06. The zero-order chi connectivity index (χ0) is 18.8. The molecule has 0 spiro atoms. The molecular formula is C16H21F3N6O. The zero-order valence-electron chi connectivity index (χ0n) is 14.4. The van der Waals surface area contributed by atoms with Gasteiger partial charge in [0.2, 0.25) is 5.91 Å². The van der Waals surface area contributed by atoms with E-state index in [9.17, 15) is 18.0 Å². The van der Waals surface area contributed by atoms with E-state index < -0.39 is 24.0 Å². The van der Waals surface area contributed by atoms with Crippen LogP contribution in [0.5, 0.6) is 0 Å². The quantitative estimate of drug-likeness (QED) is 0.845. The molecule has 0 bridgehead atoms. The van der Waals surface area contributed by atoms with Crippen molar-refractivity contribution in [3.63, 3.8) is 0 Å². The fourth-order valence-electron chi connectivity index (χ4n) is 3.45. The van der Waals surface area contributed by atoms with Gasteiger partial charge >= 0.3 is 6.18 Å². The van der Waals surface area contributed by atoms with Crippen molar-refractivity contribution in [2.45, 2.75) is 50.2 Å². The van der Waals surface area contributed by atoms with Crippen molar-refractivity contribution in [3.8, 4) is 0 Å². The number of aryl methyl sites for hydroxylation is 1. The molecule has 10 heteroatoms. The van der Waals surface area contributed by atoms with Gasteiger partial charge in [0.05, 0.1) is 17.1 Å². The first kappa shape index (κ1) is 18.4. The zero-order valence-corrected chi connectivity index (χ0v) is 14.4. The number of fused-ring (bicyclic) bond motifs is 1. The second kappa shape index (κ2) is 7.08. The fraction of sp³-hybridized carbons (Fsp3) is 0.625. The first-order valence-corrected chi connectivity index (χ1v) is 8.52. The van der Waals surface area contributed by atoms with Gasteiger partial charge in [0.25, 0.3) is 0 Å². The van der Waals surface area contributed by atoms with Crippen LogP contribution >= 0.6 is 0 Å². The maximum absolute atomic E-state index is 12.5. The summed E-state index contributed by atoms with van der Waals surface area (Å²) in [6, 6.07) is 0. The van der Waals surface area contributed by atoms with Gasteiger partial charge in [0, 0.05) is 13.6 Å². The van der Waals surface area contributed by atoms with Crippen LogP contribution in [0.15, 0.2) is 12.5 Å². The highest BCUT2D eigenvalue weighted by atomic mass is 19.4. The van der Waals surface area contributed by atoms with Crippen molar-refractivity contribution in [3.05, 3.63) is 12.5 Å². The number of amides is 1. The van der Waals surface area contributed by atoms with Gasteiger partial charge in [-0.15, -0.1) is 0 Å². The summed E-state index contributed by atoms with van der Waals surface area (Å²) in [5.74, 6) is -0.437. The second-order valence-corrected chi connectivity index (χ2v) is 6.76. The van der Waals surface area contributed by atoms with Crippen LogP contribution in [-0.4, -0.2) is 43.9 Å². The number of hydrogen-bond donors (Lipinski definition) is 2. The second-order valence-electron chi connectivity index (χ2n) is 6.76. The molecule has 142 valence electrons. The summed E-state index contributed by atoms with van der Waals surface area (Å²) in [5, 5.41) is 10.7. The molecule has 0 aromatic carbocycles. The van der Waals surface area contributed by atoms with Crippen LogP contribution in [-0.2, 0) is 11.8 Å². The minimum Gasteiger partial charge on any atom is -0.367 e. The third kappa shape index (κ3) is 4.23. The van der Waals surface area contributed by atoms with E-state index in [4.69, 9.17) is 0 Å². The number of hydrogen-bond acceptors (Lipinski definition) is 5. The van der Waals surface area contributed by atoms with Gasteiger partial charge in [0.15, 0.2) is 5.65 Å². The molecule has 1 aliphatic rings. The highest BCUT2D eigenvalue weighted by Gasteiger charge is 2.38. The lowest BCUT2D eigenvalue weighted by Crippen LogP contribution is -2.55. The third-order valence-electron chi connectivity index (χ3n) is 4.70. The predicted molar refractivity (Wildman–Crippen MR) is 89.4 cm³/mol. The Balaban J connectivity index is 1.75. The van der Waals surface area contributed by atoms with Crippen LogP contribution in [0.3, 0.4) is 0 Å². The maximum atomic E-state index is 12.5. The van der Waals surface area contributed by atoms with Crippen molar-refractivity contribution < 1.29 is 18.0 Å². The molecule has 0 radical (unpaired) electrons. The van der Waals surface area contributed by atoms with Gasteiger partial charge in [-0.05, 0) is 12.8 Å². The highest BCUT2D eigenvalue weighted by Crippen LogP contribution is 2.30. The summed E-state index contributed by atoms with van der Waals surface area (Å²) in [7, 11) is 1.76. The lowest BCUT2D eigenvalue weighted by molar-refractivity contribution is -0.155. The van der Waals surface area contributed by atoms with Crippen LogP contribution in [0.1, 0.15) is 38.5 Å². The van der Waals surface area contributed by atoms with Crippen LogP contribution in [0.4, 0.5) is 19.0 Å². The Morgan fingerprint density at radius 3 is 2.69 bits per heavy atom. The first-order chi connectivity index (χ1) is 12.3. The summed E-state index contributed by atoms with van der Waals surface area (Å²) in [4.78, 5) is 20.2. The topological polar surface area (TPSA) is 84.7 Å². The normalized spacial score (nSPS) is 17.2. The van der Waals surface area contributed by atoms with Gasteiger partial charge < -0.3 is 10.6 Å². The van der Waals surface area contributed by atoms with Gasteiger partial charge in [-0.3, -0.25) is 9.48 Å². The number of nitrogens with zero attached hydrogens (tertiary/aromatic N) is 4. The molecule has 1 amide bonds. The Bertz CT molecular complexity index is 782. The van der Waals surface area contributed by atoms with Crippen molar-refractivity contribution in [2.24, 2.45) is 7.05 Å². The Morgan fingerprint density at radius 2 is 2.00 bits per heavy atom. The van der Waals surface area contributed by atoms with Gasteiger partial charge in [-0.25, -0.2) is 9.97 Å². The molecule has 0 saturated heterocycles. The van der Waals surface area contributed by atoms with Crippen molar-refractivity contribution in [1.29, 1.82) is 0 Å². The van der Waals surface area contributed by atoms with Gasteiger partial charge in [0.1, 0.15) is 18.6 Å². The summed E-state index contributed by atoms with van der Waals surface area (Å²) >= 11 is 0. The Kier molecular flexibility index (Phi) is 5.01. The maximum Gasteiger partial charge on any atom is 0.397 e. The molecular weight excluding hydrogens is 349 g/mol. The smallest absolute Gasteiger partial charge is 0.367 e. The summed E-state index contributed by atoms with van der Waals surface area (Å²) < 4.78 is 39.1. The standard InChI is InChI=1S/C16H21F3N6O/c1-25-14-11(8-23-25)13(21-10-22-14)20-9-15(5-3-2-4-6-15)24-12(26)7-16(17,18)19/h8,10H,2-7,9H2,1H3,(H,24,26)(H,20,21,22). The molecule has 1 aliphatic carbocycles. The summed E-state index contributed by atoms with van der Waals surface area (Å²) in [5.41, 5.74) is -0.0543. The molecule has 0 aliphatic heterocycles. The van der Waals surface area contributed by atoms with E-state index in [2.05, 4.69) is 25.7 Å². The summed E-state index contributed by atoms with van der Waals surface area (Å²) in [6.45, 7) is 0.303. The molecule has 7 nitrogen and oxygen atoms in total. The van der Waals surface area contributed by atoms with Crippen LogP contribution < -0.4 is 10.6 Å². The molecule has 2 N–H and O–H groups in total. The Morgan fingerprint density at radius 1 is 1.27 bits per heavy atom. The third-order valence-corrected chi connectivity index (χ3v) is 4.70. The largest absolute Gasteiger partial charge is 0.397 e. The molecule has 0 unspecified atom stereocenters. The minimum atomic E-state index is -4.51.